The van der Waals surface area contributed by atoms with Gasteiger partial charge in [0.05, 0.1) is 6.10 Å². The van der Waals surface area contributed by atoms with Gasteiger partial charge in [-0.25, -0.2) is 0 Å². The molecule has 116 valence electrons. The van der Waals surface area contributed by atoms with E-state index in [-0.39, 0.29) is 24.0 Å². The van der Waals surface area contributed by atoms with E-state index in [1.165, 1.54) is 0 Å². The second-order valence-corrected chi connectivity index (χ2v) is 5.54. The molecule has 21 heavy (non-hydrogen) atoms. The van der Waals surface area contributed by atoms with Crippen molar-refractivity contribution in [1.29, 1.82) is 0 Å². The van der Waals surface area contributed by atoms with Crippen LogP contribution in [0, 0.1) is 5.92 Å². The number of hydrogen-bond acceptors (Lipinski definition) is 7. The minimum absolute atomic E-state index is 0.0269. The Bertz CT molecular complexity index is 499. The molecule has 0 aromatic carbocycles. The fourth-order valence-corrected chi connectivity index (χ4v) is 2.39. The zero-order valence-electron chi connectivity index (χ0n) is 12.5. The number of carbonyl (C=O) groups is 1. The van der Waals surface area contributed by atoms with Gasteiger partial charge in [-0.05, 0) is 32.6 Å². The van der Waals surface area contributed by atoms with Crippen molar-refractivity contribution in [2.45, 2.75) is 39.2 Å². The third-order valence-corrected chi connectivity index (χ3v) is 3.35. The first-order valence-corrected chi connectivity index (χ1v) is 7.15. The van der Waals surface area contributed by atoms with Crippen LogP contribution >= 0.6 is 0 Å². The van der Waals surface area contributed by atoms with E-state index in [1.807, 2.05) is 18.7 Å². The number of aromatic nitrogens is 3. The summed E-state index contributed by atoms with van der Waals surface area (Å²) in [6, 6.07) is 0.242. The van der Waals surface area contributed by atoms with Crippen LogP contribution in [0.15, 0.2) is 0 Å². The van der Waals surface area contributed by atoms with Crippen LogP contribution in [-0.2, 0) is 4.79 Å². The van der Waals surface area contributed by atoms with Gasteiger partial charge >= 0.3 is 6.01 Å². The van der Waals surface area contributed by atoms with E-state index in [4.69, 9.17) is 16.2 Å². The van der Waals surface area contributed by atoms with E-state index in [0.29, 0.717) is 18.3 Å². The molecule has 8 nitrogen and oxygen atoms in total. The first-order chi connectivity index (χ1) is 9.94. The molecule has 0 aliphatic carbocycles. The van der Waals surface area contributed by atoms with Crippen molar-refractivity contribution in [3.8, 4) is 6.01 Å². The van der Waals surface area contributed by atoms with Crippen LogP contribution in [-0.4, -0.2) is 40.1 Å². The molecule has 4 N–H and O–H groups in total. The van der Waals surface area contributed by atoms with E-state index in [1.54, 1.807) is 0 Å². The lowest BCUT2D eigenvalue weighted by molar-refractivity contribution is -0.119. The number of piperidine rings is 1. The quantitative estimate of drug-likeness (QED) is 0.802. The van der Waals surface area contributed by atoms with Crippen LogP contribution < -0.4 is 21.1 Å². The van der Waals surface area contributed by atoms with Crippen LogP contribution in [0.4, 0.5) is 11.9 Å². The SMILES string of the molecule is CC(C)Oc1nc(N)nc(N2CCC(CC(N)=O)CC2)n1. The topological polar surface area (TPSA) is 120 Å². The summed E-state index contributed by atoms with van der Waals surface area (Å²) >= 11 is 0. The summed E-state index contributed by atoms with van der Waals surface area (Å²) in [5.41, 5.74) is 10.9. The van der Waals surface area contributed by atoms with Crippen LogP contribution in [0.3, 0.4) is 0 Å². The highest BCUT2D eigenvalue weighted by Crippen LogP contribution is 2.24. The number of nitrogens with two attached hydrogens (primary N) is 2. The molecule has 1 amide bonds. The molecule has 0 unspecified atom stereocenters. The fourth-order valence-electron chi connectivity index (χ4n) is 2.39. The molecule has 8 heteroatoms. The number of nitrogen functional groups attached to an aromatic ring is 1. The number of ether oxygens (including phenoxy) is 1. The molecular weight excluding hydrogens is 272 g/mol. The lowest BCUT2D eigenvalue weighted by Gasteiger charge is -2.31. The highest BCUT2D eigenvalue weighted by Gasteiger charge is 2.23. The third-order valence-electron chi connectivity index (χ3n) is 3.35. The molecule has 0 atom stereocenters. The summed E-state index contributed by atoms with van der Waals surface area (Å²) in [4.78, 5) is 25.4. The molecule has 0 bridgehead atoms. The Morgan fingerprint density at radius 2 is 2.00 bits per heavy atom. The number of nitrogens with zero attached hydrogens (tertiary/aromatic N) is 4. The van der Waals surface area contributed by atoms with Gasteiger partial charge in [-0.1, -0.05) is 0 Å². The van der Waals surface area contributed by atoms with E-state index >= 15 is 0 Å². The second-order valence-electron chi connectivity index (χ2n) is 5.54. The largest absolute Gasteiger partial charge is 0.461 e. The van der Waals surface area contributed by atoms with Gasteiger partial charge in [0, 0.05) is 19.5 Å². The average molecular weight is 294 g/mol. The summed E-state index contributed by atoms with van der Waals surface area (Å²) in [6.45, 7) is 5.33. The fraction of sp³-hybridized carbons (Fsp3) is 0.692. The highest BCUT2D eigenvalue weighted by molar-refractivity contribution is 5.74. The lowest BCUT2D eigenvalue weighted by atomic mass is 9.93. The van der Waals surface area contributed by atoms with Crippen molar-refractivity contribution in [2.24, 2.45) is 11.7 Å². The molecule has 1 saturated heterocycles. The van der Waals surface area contributed by atoms with Crippen molar-refractivity contribution >= 4 is 17.8 Å². The molecule has 1 aliphatic heterocycles. The number of primary amides is 1. The van der Waals surface area contributed by atoms with Crippen molar-refractivity contribution in [2.75, 3.05) is 23.7 Å². The van der Waals surface area contributed by atoms with Crippen LogP contribution in [0.5, 0.6) is 6.01 Å². The smallest absolute Gasteiger partial charge is 0.323 e. The van der Waals surface area contributed by atoms with Gasteiger partial charge in [-0.2, -0.15) is 15.0 Å². The van der Waals surface area contributed by atoms with Crippen molar-refractivity contribution in [3.63, 3.8) is 0 Å². The maximum absolute atomic E-state index is 11.0. The van der Waals surface area contributed by atoms with Gasteiger partial charge in [0.25, 0.3) is 0 Å². The van der Waals surface area contributed by atoms with Crippen molar-refractivity contribution < 1.29 is 9.53 Å². The van der Waals surface area contributed by atoms with Gasteiger partial charge in [0.2, 0.25) is 17.8 Å². The molecule has 1 aromatic rings. The minimum Gasteiger partial charge on any atom is -0.461 e. The van der Waals surface area contributed by atoms with Crippen LogP contribution in [0.25, 0.3) is 0 Å². The number of rotatable bonds is 5. The first-order valence-electron chi connectivity index (χ1n) is 7.15. The van der Waals surface area contributed by atoms with Gasteiger partial charge in [0.1, 0.15) is 0 Å². The normalized spacial score (nSPS) is 16.2. The molecule has 2 rings (SSSR count). The van der Waals surface area contributed by atoms with E-state index in [2.05, 4.69) is 15.0 Å². The Balaban J connectivity index is 2.02. The van der Waals surface area contributed by atoms with Gasteiger partial charge < -0.3 is 21.1 Å². The van der Waals surface area contributed by atoms with Crippen LogP contribution in [0.2, 0.25) is 0 Å². The average Bonchev–Trinajstić information content (AvgIpc) is 2.37. The van der Waals surface area contributed by atoms with Crippen molar-refractivity contribution in [3.05, 3.63) is 0 Å². The van der Waals surface area contributed by atoms with E-state index < -0.39 is 0 Å². The second kappa shape index (κ2) is 6.55. The molecule has 1 fully saturated rings. The molecule has 2 heterocycles. The molecule has 1 aliphatic rings. The number of anilines is 2. The highest BCUT2D eigenvalue weighted by atomic mass is 16.5. The number of amides is 1. The molecule has 0 saturated carbocycles. The van der Waals surface area contributed by atoms with E-state index in [9.17, 15) is 4.79 Å². The standard InChI is InChI=1S/C13H22N6O2/c1-8(2)21-13-17-11(15)16-12(18-13)19-5-3-9(4-6-19)7-10(14)20/h8-9H,3-7H2,1-2H3,(H2,14,20)(H2,15,16,17,18). The number of carbonyl (C=O) groups excluding carboxylic acids is 1. The summed E-state index contributed by atoms with van der Waals surface area (Å²) in [6.07, 6.45) is 2.18. The molecule has 0 radical (unpaired) electrons. The lowest BCUT2D eigenvalue weighted by Crippen LogP contribution is -2.36. The predicted molar refractivity (Wildman–Crippen MR) is 78.8 cm³/mol. The maximum atomic E-state index is 11.0. The van der Waals surface area contributed by atoms with Gasteiger partial charge in [-0.3, -0.25) is 4.79 Å². The first kappa shape index (κ1) is 15.3. The minimum atomic E-state index is -0.245. The Hall–Kier alpha value is -2.12. The Morgan fingerprint density at radius 1 is 1.33 bits per heavy atom. The number of hydrogen-bond donors (Lipinski definition) is 2. The summed E-state index contributed by atoms with van der Waals surface area (Å²) < 4.78 is 5.47. The Morgan fingerprint density at radius 3 is 2.57 bits per heavy atom. The third kappa shape index (κ3) is 4.44. The molecular formula is C13H22N6O2. The summed E-state index contributed by atoms with van der Waals surface area (Å²) in [5, 5.41) is 0. The predicted octanol–water partition coefficient (Wildman–Crippen LogP) is 0.333. The molecule has 1 aromatic heterocycles. The summed E-state index contributed by atoms with van der Waals surface area (Å²) in [7, 11) is 0. The van der Waals surface area contributed by atoms with Crippen LogP contribution in [0.1, 0.15) is 33.1 Å². The Labute approximate surface area is 123 Å². The maximum Gasteiger partial charge on any atom is 0.323 e. The zero-order chi connectivity index (χ0) is 15.4. The molecule has 0 spiro atoms. The van der Waals surface area contributed by atoms with Crippen molar-refractivity contribution in [1.82, 2.24) is 15.0 Å². The summed E-state index contributed by atoms with van der Waals surface area (Å²) in [5.74, 6) is 0.764. The van der Waals surface area contributed by atoms with E-state index in [0.717, 1.165) is 25.9 Å². The van der Waals surface area contributed by atoms with Gasteiger partial charge in [-0.15, -0.1) is 0 Å². The zero-order valence-corrected chi connectivity index (χ0v) is 12.5. The Kier molecular flexibility index (Phi) is 4.77. The van der Waals surface area contributed by atoms with Gasteiger partial charge in [0.15, 0.2) is 0 Å². The monoisotopic (exact) mass is 294 g/mol.